The molecule has 1 unspecified atom stereocenters. The molecule has 0 aromatic rings. The number of esters is 1. The van der Waals surface area contributed by atoms with Crippen LogP contribution in [0.2, 0.25) is 0 Å². The van der Waals surface area contributed by atoms with Gasteiger partial charge in [-0.05, 0) is 12.8 Å². The Kier molecular flexibility index (Phi) is 5.63. The summed E-state index contributed by atoms with van der Waals surface area (Å²) in [5.74, 6) is -1.64. The molecule has 0 aliphatic carbocycles. The predicted octanol–water partition coefficient (Wildman–Crippen LogP) is -0.994. The van der Waals surface area contributed by atoms with Crippen molar-refractivity contribution in [1.82, 2.24) is 9.62 Å². The van der Waals surface area contributed by atoms with Crippen molar-refractivity contribution in [2.24, 2.45) is 0 Å². The summed E-state index contributed by atoms with van der Waals surface area (Å²) in [4.78, 5) is 34.8. The quantitative estimate of drug-likeness (QED) is 0.498. The number of carbonyl (C=O) groups excluding carboxylic acids is 3. The van der Waals surface area contributed by atoms with Crippen molar-refractivity contribution in [2.45, 2.75) is 31.7 Å². The summed E-state index contributed by atoms with van der Waals surface area (Å²) in [6.45, 7) is 0. The van der Waals surface area contributed by atoms with Gasteiger partial charge < -0.3 is 4.74 Å². The number of imide groups is 1. The summed E-state index contributed by atoms with van der Waals surface area (Å²) >= 11 is 0. The molecule has 0 aromatic heterocycles. The van der Waals surface area contributed by atoms with Crippen molar-refractivity contribution in [3.63, 3.8) is 0 Å². The lowest BCUT2D eigenvalue weighted by atomic mass is 10.1. The second-order valence-electron chi connectivity index (χ2n) is 4.50. The monoisotopic (exact) mass is 306 g/mol. The molecule has 114 valence electrons. The highest BCUT2D eigenvalue weighted by molar-refractivity contribution is 7.89. The van der Waals surface area contributed by atoms with Gasteiger partial charge in [0.1, 0.15) is 6.04 Å². The van der Waals surface area contributed by atoms with Gasteiger partial charge in [0.15, 0.2) is 0 Å². The van der Waals surface area contributed by atoms with Crippen LogP contribution in [0.3, 0.4) is 0 Å². The van der Waals surface area contributed by atoms with Gasteiger partial charge in [-0.2, -0.15) is 0 Å². The van der Waals surface area contributed by atoms with Crippen molar-refractivity contribution in [3.8, 4) is 0 Å². The minimum absolute atomic E-state index is 0.00554. The van der Waals surface area contributed by atoms with Crippen LogP contribution in [0.15, 0.2) is 0 Å². The lowest BCUT2D eigenvalue weighted by Gasteiger charge is -2.27. The zero-order chi connectivity index (χ0) is 15.3. The van der Waals surface area contributed by atoms with E-state index in [0.717, 1.165) is 4.90 Å². The zero-order valence-corrected chi connectivity index (χ0v) is 12.2. The minimum Gasteiger partial charge on any atom is -0.469 e. The van der Waals surface area contributed by atoms with Crippen LogP contribution >= 0.6 is 0 Å². The summed E-state index contributed by atoms with van der Waals surface area (Å²) in [5, 5.41) is 0. The molecule has 1 atom stereocenters. The normalized spacial score (nSPS) is 20.1. The Labute approximate surface area is 117 Å². The fourth-order valence-corrected chi connectivity index (χ4v) is 3.10. The van der Waals surface area contributed by atoms with Crippen LogP contribution in [-0.4, -0.2) is 57.1 Å². The summed E-state index contributed by atoms with van der Waals surface area (Å²) < 4.78 is 30.2. The fraction of sp³-hybridized carbons (Fsp3) is 0.727. The number of likely N-dealkylation sites (tertiary alicyclic amines) is 1. The first-order valence-corrected chi connectivity index (χ1v) is 7.79. The molecule has 1 aliphatic heterocycles. The van der Waals surface area contributed by atoms with Gasteiger partial charge in [0.25, 0.3) is 0 Å². The van der Waals surface area contributed by atoms with Crippen molar-refractivity contribution < 1.29 is 27.5 Å². The molecule has 9 heteroatoms. The molecule has 0 bridgehead atoms. The number of methoxy groups -OCH3 is 1. The number of nitrogens with zero attached hydrogens (tertiary/aromatic N) is 1. The Balaban J connectivity index is 2.52. The average Bonchev–Trinajstić information content (AvgIpc) is 2.39. The molecule has 0 aromatic carbocycles. The number of nitrogens with one attached hydrogen (secondary N) is 1. The summed E-state index contributed by atoms with van der Waals surface area (Å²) in [7, 11) is -1.13. The summed E-state index contributed by atoms with van der Waals surface area (Å²) in [6.07, 6.45) is 0.377. The third kappa shape index (κ3) is 4.57. The number of rotatable bonds is 6. The van der Waals surface area contributed by atoms with Gasteiger partial charge in [-0.15, -0.1) is 0 Å². The van der Waals surface area contributed by atoms with E-state index in [1.54, 1.807) is 0 Å². The minimum atomic E-state index is -3.68. The number of sulfonamides is 1. The van der Waals surface area contributed by atoms with E-state index < -0.39 is 27.9 Å². The number of hydrogen-bond acceptors (Lipinski definition) is 6. The van der Waals surface area contributed by atoms with Crippen LogP contribution in [0, 0.1) is 0 Å². The first-order valence-electron chi connectivity index (χ1n) is 6.14. The second-order valence-corrected chi connectivity index (χ2v) is 6.37. The van der Waals surface area contributed by atoms with Gasteiger partial charge in [0.2, 0.25) is 21.8 Å². The van der Waals surface area contributed by atoms with Crippen LogP contribution in [-0.2, 0) is 29.1 Å². The smallest absolute Gasteiger partial charge is 0.305 e. The first-order chi connectivity index (χ1) is 9.26. The van der Waals surface area contributed by atoms with E-state index in [-0.39, 0.29) is 37.3 Å². The van der Waals surface area contributed by atoms with E-state index in [9.17, 15) is 22.8 Å². The molecule has 0 spiro atoms. The fourth-order valence-electron chi connectivity index (χ4n) is 1.81. The van der Waals surface area contributed by atoms with E-state index in [1.807, 2.05) is 0 Å². The molecule has 20 heavy (non-hydrogen) atoms. The van der Waals surface area contributed by atoms with Crippen molar-refractivity contribution >= 4 is 27.8 Å². The molecule has 8 nitrogen and oxygen atoms in total. The van der Waals surface area contributed by atoms with Gasteiger partial charge >= 0.3 is 5.97 Å². The number of piperidine rings is 1. The highest BCUT2D eigenvalue weighted by Crippen LogP contribution is 2.12. The van der Waals surface area contributed by atoms with Gasteiger partial charge in [-0.25, -0.2) is 13.1 Å². The maximum Gasteiger partial charge on any atom is 0.305 e. The third-order valence-electron chi connectivity index (χ3n) is 2.99. The Bertz CT molecular complexity index is 501. The van der Waals surface area contributed by atoms with E-state index in [1.165, 1.54) is 14.2 Å². The number of ether oxygens (including phenoxy) is 1. The zero-order valence-electron chi connectivity index (χ0n) is 11.4. The first kappa shape index (κ1) is 16.6. The molecule has 2 amide bonds. The molecule has 0 saturated carbocycles. The van der Waals surface area contributed by atoms with Crippen LogP contribution in [0.5, 0.6) is 0 Å². The molecule has 1 saturated heterocycles. The number of amides is 2. The van der Waals surface area contributed by atoms with Crippen LogP contribution < -0.4 is 4.72 Å². The largest absolute Gasteiger partial charge is 0.469 e. The Morgan fingerprint density at radius 2 is 2.10 bits per heavy atom. The highest BCUT2D eigenvalue weighted by Gasteiger charge is 2.34. The van der Waals surface area contributed by atoms with Crippen molar-refractivity contribution in [1.29, 1.82) is 0 Å². The predicted molar refractivity (Wildman–Crippen MR) is 69.0 cm³/mol. The maximum atomic E-state index is 11.8. The topological polar surface area (TPSA) is 110 Å². The van der Waals surface area contributed by atoms with Gasteiger partial charge in [0, 0.05) is 19.9 Å². The molecular weight excluding hydrogens is 288 g/mol. The lowest BCUT2D eigenvalue weighted by molar-refractivity contribution is -0.147. The second kappa shape index (κ2) is 6.80. The van der Waals surface area contributed by atoms with E-state index in [4.69, 9.17) is 0 Å². The van der Waals surface area contributed by atoms with Crippen LogP contribution in [0.25, 0.3) is 0 Å². The molecular formula is C11H18N2O6S. The van der Waals surface area contributed by atoms with Crippen LogP contribution in [0.4, 0.5) is 0 Å². The average molecular weight is 306 g/mol. The number of carbonyl (C=O) groups is 3. The van der Waals surface area contributed by atoms with E-state index in [0.29, 0.717) is 0 Å². The Morgan fingerprint density at radius 1 is 1.45 bits per heavy atom. The SMILES string of the molecule is COC(=O)CCCS(=O)(=O)NC1CCC(=O)N(C)C1=O. The van der Waals surface area contributed by atoms with Gasteiger partial charge in [-0.3, -0.25) is 19.3 Å². The number of hydrogen-bond donors (Lipinski definition) is 1. The van der Waals surface area contributed by atoms with E-state index in [2.05, 4.69) is 9.46 Å². The molecule has 0 radical (unpaired) electrons. The third-order valence-corrected chi connectivity index (χ3v) is 4.46. The summed E-state index contributed by atoms with van der Waals surface area (Å²) in [6, 6.07) is -0.916. The molecule has 1 N–H and O–H groups in total. The lowest BCUT2D eigenvalue weighted by Crippen LogP contribution is -2.53. The van der Waals surface area contributed by atoms with Crippen molar-refractivity contribution in [3.05, 3.63) is 0 Å². The van der Waals surface area contributed by atoms with Crippen molar-refractivity contribution in [2.75, 3.05) is 19.9 Å². The van der Waals surface area contributed by atoms with E-state index >= 15 is 0 Å². The molecule has 1 heterocycles. The molecule has 1 aliphatic rings. The molecule has 1 fully saturated rings. The Hall–Kier alpha value is -1.48. The Morgan fingerprint density at radius 3 is 2.70 bits per heavy atom. The summed E-state index contributed by atoms with van der Waals surface area (Å²) in [5.41, 5.74) is 0. The highest BCUT2D eigenvalue weighted by atomic mass is 32.2. The standard InChI is InChI=1S/C11H18N2O6S/c1-13-9(14)6-5-8(11(13)16)12-20(17,18)7-3-4-10(15)19-2/h8,12H,3-7H2,1-2H3. The van der Waals surface area contributed by atoms with Crippen LogP contribution in [0.1, 0.15) is 25.7 Å². The maximum absolute atomic E-state index is 11.8. The van der Waals surface area contributed by atoms with Gasteiger partial charge in [0.05, 0.1) is 12.9 Å². The van der Waals surface area contributed by atoms with Gasteiger partial charge in [-0.1, -0.05) is 0 Å². The number of likely N-dealkylation sites (N-methyl/N-ethyl adjacent to an activating group) is 1. The molecule has 1 rings (SSSR count).